The average Bonchev–Trinajstić information content (AvgIpc) is 2.86. The maximum atomic E-state index is 7.62. The van der Waals surface area contributed by atoms with Gasteiger partial charge in [0.25, 0.3) is 0 Å². The van der Waals surface area contributed by atoms with Gasteiger partial charge < -0.3 is 9.88 Å². The number of hydrogen-bond donors (Lipinski definition) is 1. The first-order chi connectivity index (χ1) is 13.6. The Labute approximate surface area is 168 Å². The first-order valence-corrected chi connectivity index (χ1v) is 10.2. The molecule has 0 amide bonds. The number of fused-ring (bicyclic) bond motifs is 3. The number of hydrogen-bond acceptors (Lipinski definition) is 3. The smallest absolute Gasteiger partial charge is 0.0618 e. The Bertz CT molecular complexity index is 961. The molecule has 0 saturated heterocycles. The topological polar surface area (TPSA) is 53.6 Å². The van der Waals surface area contributed by atoms with E-state index in [0.717, 1.165) is 44.6 Å². The lowest BCUT2D eigenvalue weighted by Crippen LogP contribution is -2.17. The number of nitriles is 1. The van der Waals surface area contributed by atoms with Crippen LogP contribution in [0, 0.1) is 25.2 Å². The summed E-state index contributed by atoms with van der Waals surface area (Å²) in [5, 5.41) is 12.6. The summed E-state index contributed by atoms with van der Waals surface area (Å²) in [6.45, 7) is 9.24. The van der Waals surface area contributed by atoms with Gasteiger partial charge >= 0.3 is 0 Å². The van der Waals surface area contributed by atoms with Gasteiger partial charge in [0.15, 0.2) is 0 Å². The minimum Gasteiger partial charge on any atom is -0.344 e. The molecule has 4 rings (SSSR count). The second kappa shape index (κ2) is 9.52. The first-order valence-electron chi connectivity index (χ1n) is 10.2. The third kappa shape index (κ3) is 4.61. The summed E-state index contributed by atoms with van der Waals surface area (Å²) in [5.41, 5.74) is 8.23. The fourth-order valence-corrected chi connectivity index (χ4v) is 3.84. The molecule has 0 bridgehead atoms. The molecule has 0 atom stereocenters. The second-order valence-electron chi connectivity index (χ2n) is 7.42. The highest BCUT2D eigenvalue weighted by atomic mass is 15.0. The Morgan fingerprint density at radius 1 is 1.14 bits per heavy atom. The molecule has 0 saturated carbocycles. The third-order valence-electron chi connectivity index (χ3n) is 5.29. The Morgan fingerprint density at radius 2 is 1.93 bits per heavy atom. The number of rotatable bonds is 3. The van der Waals surface area contributed by atoms with E-state index in [1.165, 1.54) is 27.7 Å². The summed E-state index contributed by atoms with van der Waals surface area (Å²) in [5.74, 6) is 0. The predicted molar refractivity (Wildman–Crippen MR) is 116 cm³/mol. The molecular formula is C24H30N4. The molecule has 3 heterocycles. The van der Waals surface area contributed by atoms with Gasteiger partial charge in [-0.1, -0.05) is 24.6 Å². The maximum Gasteiger partial charge on any atom is 0.0618 e. The van der Waals surface area contributed by atoms with Crippen LogP contribution in [0.5, 0.6) is 0 Å². The van der Waals surface area contributed by atoms with Crippen LogP contribution in [0.15, 0.2) is 36.5 Å². The summed E-state index contributed by atoms with van der Waals surface area (Å²) in [6.07, 6.45) is 5.93. The molecule has 28 heavy (non-hydrogen) atoms. The van der Waals surface area contributed by atoms with Gasteiger partial charge in [-0.3, -0.25) is 4.98 Å². The zero-order valence-electron chi connectivity index (χ0n) is 17.3. The maximum absolute atomic E-state index is 7.62. The third-order valence-corrected chi connectivity index (χ3v) is 5.29. The standard InChI is InChI=1S/C21H25N3.C3H5N/c1-15-3-6-20-19(13-15)18-7-10-22-11-8-21(18)24(20)12-9-17-5-4-16(2)23-14-17;1-2-3-4/h3-6,13-14,22H,7-12H2,1-2H3;2H2,1H3. The van der Waals surface area contributed by atoms with Crippen molar-refractivity contribution in [1.29, 1.82) is 5.26 Å². The molecule has 1 N–H and O–H groups in total. The molecule has 1 aliphatic heterocycles. The highest BCUT2D eigenvalue weighted by molar-refractivity contribution is 5.86. The van der Waals surface area contributed by atoms with Crippen molar-refractivity contribution in [2.45, 2.75) is 53.0 Å². The molecule has 4 nitrogen and oxygen atoms in total. The van der Waals surface area contributed by atoms with Crippen LogP contribution >= 0.6 is 0 Å². The van der Waals surface area contributed by atoms with E-state index in [1.54, 1.807) is 5.56 Å². The van der Waals surface area contributed by atoms with E-state index in [2.05, 4.69) is 52.1 Å². The molecule has 146 valence electrons. The quantitative estimate of drug-likeness (QED) is 0.734. The van der Waals surface area contributed by atoms with Crippen LogP contribution in [-0.4, -0.2) is 22.6 Å². The summed E-state index contributed by atoms with van der Waals surface area (Å²) in [7, 11) is 0. The van der Waals surface area contributed by atoms with E-state index in [9.17, 15) is 0 Å². The van der Waals surface area contributed by atoms with Crippen molar-refractivity contribution in [1.82, 2.24) is 14.9 Å². The molecule has 0 aliphatic carbocycles. The van der Waals surface area contributed by atoms with Crippen molar-refractivity contribution >= 4 is 10.9 Å². The molecule has 0 radical (unpaired) electrons. The van der Waals surface area contributed by atoms with Crippen LogP contribution in [0.2, 0.25) is 0 Å². The van der Waals surface area contributed by atoms with Crippen molar-refractivity contribution in [3.05, 3.63) is 64.6 Å². The Hall–Kier alpha value is -2.64. The van der Waals surface area contributed by atoms with Crippen LogP contribution in [0.3, 0.4) is 0 Å². The first kappa shape index (κ1) is 20.1. The SMILES string of the molecule is CCC#N.Cc1ccc2c(c1)c1c(n2CCc2ccc(C)nc2)CCNCC1. The van der Waals surface area contributed by atoms with E-state index < -0.39 is 0 Å². The monoisotopic (exact) mass is 374 g/mol. The molecule has 0 spiro atoms. The molecule has 1 aromatic carbocycles. The molecule has 3 aromatic rings. The molecule has 0 unspecified atom stereocenters. The van der Waals surface area contributed by atoms with E-state index in [1.807, 2.05) is 26.1 Å². The molecule has 2 aromatic heterocycles. The van der Waals surface area contributed by atoms with Crippen molar-refractivity contribution in [3.63, 3.8) is 0 Å². The zero-order valence-corrected chi connectivity index (χ0v) is 17.3. The van der Waals surface area contributed by atoms with Crippen LogP contribution in [0.4, 0.5) is 0 Å². The van der Waals surface area contributed by atoms with Gasteiger partial charge in [0.1, 0.15) is 0 Å². The van der Waals surface area contributed by atoms with Gasteiger partial charge in [0.2, 0.25) is 0 Å². The predicted octanol–water partition coefficient (Wildman–Crippen LogP) is 4.50. The van der Waals surface area contributed by atoms with E-state index in [0.29, 0.717) is 6.42 Å². The minimum atomic E-state index is 0.625. The van der Waals surface area contributed by atoms with Gasteiger partial charge in [-0.25, -0.2) is 0 Å². The number of benzene rings is 1. The Morgan fingerprint density at radius 3 is 2.64 bits per heavy atom. The van der Waals surface area contributed by atoms with Crippen LogP contribution in [0.1, 0.15) is 41.4 Å². The highest BCUT2D eigenvalue weighted by Gasteiger charge is 2.18. The number of pyridine rings is 1. The number of aromatic nitrogens is 2. The summed E-state index contributed by atoms with van der Waals surface area (Å²) >= 11 is 0. The van der Waals surface area contributed by atoms with Crippen LogP contribution in [0.25, 0.3) is 10.9 Å². The van der Waals surface area contributed by atoms with Crippen molar-refractivity contribution in [2.75, 3.05) is 13.1 Å². The van der Waals surface area contributed by atoms with E-state index in [-0.39, 0.29) is 0 Å². The minimum absolute atomic E-state index is 0.625. The summed E-state index contributed by atoms with van der Waals surface area (Å²) in [4.78, 5) is 4.44. The van der Waals surface area contributed by atoms with Gasteiger partial charge in [0, 0.05) is 54.4 Å². The molecule has 4 heteroatoms. The van der Waals surface area contributed by atoms with E-state index >= 15 is 0 Å². The number of aryl methyl sites for hydroxylation is 4. The number of nitrogens with zero attached hydrogens (tertiary/aromatic N) is 3. The largest absolute Gasteiger partial charge is 0.344 e. The van der Waals surface area contributed by atoms with Crippen molar-refractivity contribution < 1.29 is 0 Å². The zero-order chi connectivity index (χ0) is 19.9. The van der Waals surface area contributed by atoms with E-state index in [4.69, 9.17) is 5.26 Å². The van der Waals surface area contributed by atoms with Crippen molar-refractivity contribution in [3.8, 4) is 6.07 Å². The second-order valence-corrected chi connectivity index (χ2v) is 7.42. The van der Waals surface area contributed by atoms with Crippen LogP contribution < -0.4 is 5.32 Å². The summed E-state index contributed by atoms with van der Waals surface area (Å²) < 4.78 is 2.55. The summed E-state index contributed by atoms with van der Waals surface area (Å²) in [6, 6.07) is 13.2. The number of nitrogens with one attached hydrogen (secondary N) is 1. The van der Waals surface area contributed by atoms with Gasteiger partial charge in [-0.2, -0.15) is 5.26 Å². The van der Waals surface area contributed by atoms with Gasteiger partial charge in [-0.05, 0) is 62.6 Å². The fourth-order valence-electron chi connectivity index (χ4n) is 3.84. The molecule has 1 aliphatic rings. The normalized spacial score (nSPS) is 13.2. The Balaban J connectivity index is 0.000000516. The highest BCUT2D eigenvalue weighted by Crippen LogP contribution is 2.29. The van der Waals surface area contributed by atoms with Gasteiger partial charge in [0.05, 0.1) is 6.07 Å². The van der Waals surface area contributed by atoms with Crippen LogP contribution in [-0.2, 0) is 25.8 Å². The van der Waals surface area contributed by atoms with Crippen molar-refractivity contribution in [2.24, 2.45) is 0 Å². The lowest BCUT2D eigenvalue weighted by molar-refractivity contribution is 0.659. The average molecular weight is 375 g/mol. The molecular weight excluding hydrogens is 344 g/mol. The lowest BCUT2D eigenvalue weighted by atomic mass is 10.1. The van der Waals surface area contributed by atoms with Gasteiger partial charge in [-0.15, -0.1) is 0 Å². The fraction of sp³-hybridized carbons (Fsp3) is 0.417. The Kier molecular flexibility index (Phi) is 6.84. The lowest BCUT2D eigenvalue weighted by Gasteiger charge is -2.11. The molecule has 0 fully saturated rings.